The van der Waals surface area contributed by atoms with Gasteiger partial charge in [-0.25, -0.2) is 8.78 Å². The van der Waals surface area contributed by atoms with E-state index in [2.05, 4.69) is 10.6 Å². The maximum Gasteiger partial charge on any atom is 0.233 e. The van der Waals surface area contributed by atoms with Gasteiger partial charge < -0.3 is 10.6 Å². The van der Waals surface area contributed by atoms with Crippen LogP contribution in [0.25, 0.3) is 0 Å². The molecule has 0 spiro atoms. The van der Waals surface area contributed by atoms with Crippen molar-refractivity contribution in [3.8, 4) is 6.07 Å². The van der Waals surface area contributed by atoms with Crippen molar-refractivity contribution < 1.29 is 18.4 Å². The van der Waals surface area contributed by atoms with Crippen molar-refractivity contribution in [2.24, 2.45) is 0 Å². The number of benzene rings is 2. The summed E-state index contributed by atoms with van der Waals surface area (Å²) in [7, 11) is 0. The molecule has 0 bridgehead atoms. The minimum Gasteiger partial charge on any atom is -0.324 e. The number of nitrogens with zero attached hydrogens (tertiary/aromatic N) is 1. The monoisotopic (exact) mass is 315 g/mol. The summed E-state index contributed by atoms with van der Waals surface area (Å²) in [4.78, 5) is 23.5. The normalized spacial score (nSPS) is 9.78. The maximum absolute atomic E-state index is 13.4. The lowest BCUT2D eigenvalue weighted by Gasteiger charge is -2.08. The third kappa shape index (κ3) is 4.35. The van der Waals surface area contributed by atoms with Gasteiger partial charge in [0.2, 0.25) is 11.8 Å². The molecule has 7 heteroatoms. The van der Waals surface area contributed by atoms with Gasteiger partial charge in [-0.15, -0.1) is 0 Å². The van der Waals surface area contributed by atoms with Gasteiger partial charge >= 0.3 is 0 Å². The van der Waals surface area contributed by atoms with Gasteiger partial charge in [0.1, 0.15) is 24.1 Å². The van der Waals surface area contributed by atoms with E-state index in [0.717, 1.165) is 12.1 Å². The molecule has 2 amide bonds. The van der Waals surface area contributed by atoms with Crippen LogP contribution in [0, 0.1) is 23.0 Å². The zero-order chi connectivity index (χ0) is 16.8. The van der Waals surface area contributed by atoms with Crippen molar-refractivity contribution >= 4 is 23.2 Å². The van der Waals surface area contributed by atoms with Gasteiger partial charge in [-0.3, -0.25) is 9.59 Å². The number of para-hydroxylation sites is 1. The third-order valence-electron chi connectivity index (χ3n) is 2.85. The number of nitrogens with one attached hydrogen (secondary N) is 2. The molecule has 0 heterocycles. The lowest BCUT2D eigenvalue weighted by molar-refractivity contribution is -0.123. The lowest BCUT2D eigenvalue weighted by atomic mass is 10.2. The first kappa shape index (κ1) is 16.1. The van der Waals surface area contributed by atoms with E-state index in [9.17, 15) is 18.4 Å². The fourth-order valence-corrected chi connectivity index (χ4v) is 1.82. The molecule has 5 nitrogen and oxygen atoms in total. The minimum atomic E-state index is -0.936. The molecular weight excluding hydrogens is 304 g/mol. The summed E-state index contributed by atoms with van der Waals surface area (Å²) in [6.07, 6.45) is -0.573. The van der Waals surface area contributed by atoms with E-state index >= 15 is 0 Å². The standard InChI is InChI=1S/C16H11F2N3O2/c17-11-5-6-14(12(18)7-11)21-16(23)8-15(22)20-13-4-2-1-3-10(13)9-19/h1-7H,8H2,(H,20,22)(H,21,23). The Morgan fingerprint density at radius 3 is 2.30 bits per heavy atom. The predicted molar refractivity (Wildman–Crippen MR) is 79.4 cm³/mol. The maximum atomic E-state index is 13.4. The average Bonchev–Trinajstić information content (AvgIpc) is 2.50. The van der Waals surface area contributed by atoms with Crippen LogP contribution in [0.1, 0.15) is 12.0 Å². The molecule has 0 radical (unpaired) electrons. The highest BCUT2D eigenvalue weighted by Crippen LogP contribution is 2.16. The highest BCUT2D eigenvalue weighted by atomic mass is 19.1. The Morgan fingerprint density at radius 2 is 1.65 bits per heavy atom. The first-order valence-corrected chi connectivity index (χ1v) is 6.53. The highest BCUT2D eigenvalue weighted by Gasteiger charge is 2.13. The zero-order valence-electron chi connectivity index (χ0n) is 11.8. The van der Waals surface area contributed by atoms with Crippen LogP contribution < -0.4 is 10.6 Å². The molecule has 0 saturated carbocycles. The second-order valence-corrected chi connectivity index (χ2v) is 4.55. The van der Waals surface area contributed by atoms with Gasteiger partial charge in [0.15, 0.2) is 0 Å². The van der Waals surface area contributed by atoms with Gasteiger partial charge in [0.25, 0.3) is 0 Å². The number of carbonyl (C=O) groups is 2. The molecule has 0 fully saturated rings. The first-order chi connectivity index (χ1) is 11.0. The van der Waals surface area contributed by atoms with Crippen molar-refractivity contribution in [2.45, 2.75) is 6.42 Å². The minimum absolute atomic E-state index is 0.221. The molecule has 23 heavy (non-hydrogen) atoms. The molecule has 0 aliphatic heterocycles. The summed E-state index contributed by atoms with van der Waals surface area (Å²) >= 11 is 0. The van der Waals surface area contributed by atoms with Crippen LogP contribution >= 0.6 is 0 Å². The molecule has 0 saturated heterocycles. The third-order valence-corrected chi connectivity index (χ3v) is 2.85. The largest absolute Gasteiger partial charge is 0.324 e. The predicted octanol–water partition coefficient (Wildman–Crippen LogP) is 2.80. The zero-order valence-corrected chi connectivity index (χ0v) is 11.8. The van der Waals surface area contributed by atoms with Gasteiger partial charge in [-0.2, -0.15) is 5.26 Å². The smallest absolute Gasteiger partial charge is 0.233 e. The van der Waals surface area contributed by atoms with Crippen LogP contribution in [0.2, 0.25) is 0 Å². The summed E-state index contributed by atoms with van der Waals surface area (Å²) in [5.41, 5.74) is 0.313. The number of nitriles is 1. The second kappa shape index (κ2) is 7.13. The van der Waals surface area contributed by atoms with Crippen molar-refractivity contribution in [1.29, 1.82) is 5.26 Å². The summed E-state index contributed by atoms with van der Waals surface area (Å²) in [5.74, 6) is -3.13. The Bertz CT molecular complexity index is 800. The van der Waals surface area contributed by atoms with Crippen LogP contribution in [0.3, 0.4) is 0 Å². The fourth-order valence-electron chi connectivity index (χ4n) is 1.82. The topological polar surface area (TPSA) is 82.0 Å². The van der Waals surface area contributed by atoms with E-state index in [1.54, 1.807) is 12.1 Å². The van der Waals surface area contributed by atoms with E-state index < -0.39 is 29.9 Å². The Balaban J connectivity index is 1.97. The van der Waals surface area contributed by atoms with Gasteiger partial charge in [0.05, 0.1) is 16.9 Å². The highest BCUT2D eigenvalue weighted by molar-refractivity contribution is 6.08. The number of halogens is 2. The van der Waals surface area contributed by atoms with Gasteiger partial charge in [-0.05, 0) is 24.3 Å². The molecule has 0 atom stereocenters. The number of amides is 2. The van der Waals surface area contributed by atoms with Crippen LogP contribution in [-0.2, 0) is 9.59 Å². The van der Waals surface area contributed by atoms with E-state index in [4.69, 9.17) is 5.26 Å². The lowest BCUT2D eigenvalue weighted by Crippen LogP contribution is -2.22. The summed E-state index contributed by atoms with van der Waals surface area (Å²) < 4.78 is 26.2. The van der Waals surface area contributed by atoms with Crippen molar-refractivity contribution in [1.82, 2.24) is 0 Å². The van der Waals surface area contributed by atoms with E-state index in [-0.39, 0.29) is 16.9 Å². The molecule has 2 N–H and O–H groups in total. The number of carbonyl (C=O) groups excluding carboxylic acids is 2. The van der Waals surface area contributed by atoms with Crippen molar-refractivity contribution in [3.63, 3.8) is 0 Å². The SMILES string of the molecule is N#Cc1ccccc1NC(=O)CC(=O)Nc1ccc(F)cc1F. The van der Waals surface area contributed by atoms with Crippen LogP contribution in [0.15, 0.2) is 42.5 Å². The number of rotatable bonds is 4. The molecule has 0 aliphatic rings. The molecule has 2 aromatic rings. The number of hydrogen-bond acceptors (Lipinski definition) is 3. The van der Waals surface area contributed by atoms with Crippen LogP contribution in [-0.4, -0.2) is 11.8 Å². The van der Waals surface area contributed by atoms with E-state index in [1.165, 1.54) is 12.1 Å². The van der Waals surface area contributed by atoms with Crippen LogP contribution in [0.4, 0.5) is 20.2 Å². The van der Waals surface area contributed by atoms with Crippen molar-refractivity contribution in [3.05, 3.63) is 59.7 Å². The quantitative estimate of drug-likeness (QED) is 0.851. The van der Waals surface area contributed by atoms with E-state index in [1.807, 2.05) is 6.07 Å². The fraction of sp³-hybridized carbons (Fsp3) is 0.0625. The van der Waals surface area contributed by atoms with E-state index in [0.29, 0.717) is 6.07 Å². The number of anilines is 2. The summed E-state index contributed by atoms with van der Waals surface area (Å²) in [6, 6.07) is 10.9. The molecule has 0 unspecified atom stereocenters. The molecule has 2 aromatic carbocycles. The Labute approximate surface area is 130 Å². The average molecular weight is 315 g/mol. The molecule has 0 aliphatic carbocycles. The molecule has 2 rings (SSSR count). The summed E-state index contributed by atoms with van der Waals surface area (Å²) in [6.45, 7) is 0. The van der Waals surface area contributed by atoms with Gasteiger partial charge in [-0.1, -0.05) is 12.1 Å². The first-order valence-electron chi connectivity index (χ1n) is 6.53. The Morgan fingerprint density at radius 1 is 1.00 bits per heavy atom. The van der Waals surface area contributed by atoms with Gasteiger partial charge in [0, 0.05) is 6.07 Å². The molecule has 116 valence electrons. The number of hydrogen-bond donors (Lipinski definition) is 2. The Kier molecular flexibility index (Phi) is 5.00. The van der Waals surface area contributed by atoms with Crippen LogP contribution in [0.5, 0.6) is 0 Å². The summed E-state index contributed by atoms with van der Waals surface area (Å²) in [5, 5.41) is 13.5. The van der Waals surface area contributed by atoms with Crippen molar-refractivity contribution in [2.75, 3.05) is 10.6 Å². The second-order valence-electron chi connectivity index (χ2n) is 4.55. The molecule has 0 aromatic heterocycles. The molecular formula is C16H11F2N3O2. The Hall–Kier alpha value is -3.27.